The summed E-state index contributed by atoms with van der Waals surface area (Å²) in [6.07, 6.45) is 4.75. The van der Waals surface area contributed by atoms with E-state index in [2.05, 4.69) is 29.4 Å². The molecule has 0 saturated heterocycles. The first-order valence-corrected chi connectivity index (χ1v) is 8.80. The average Bonchev–Trinajstić information content (AvgIpc) is 3.34. The Hall–Kier alpha value is -1.62. The molecule has 1 aliphatic heterocycles. The van der Waals surface area contributed by atoms with Crippen LogP contribution < -0.4 is 10.6 Å². The zero-order valence-corrected chi connectivity index (χ0v) is 14.5. The number of hydrogen-bond donors (Lipinski definition) is 2. The molecule has 0 spiro atoms. The number of carbonyl (C=O) groups excluding carboxylic acids is 1. The third-order valence-electron chi connectivity index (χ3n) is 4.66. The van der Waals surface area contributed by atoms with E-state index in [1.54, 1.807) is 7.05 Å². The van der Waals surface area contributed by atoms with Crippen LogP contribution in [0.4, 0.5) is 5.82 Å². The van der Waals surface area contributed by atoms with Gasteiger partial charge in [0.25, 0.3) is 5.91 Å². The van der Waals surface area contributed by atoms with E-state index in [9.17, 15) is 4.79 Å². The van der Waals surface area contributed by atoms with Gasteiger partial charge in [-0.3, -0.25) is 4.79 Å². The molecule has 1 fully saturated rings. The van der Waals surface area contributed by atoms with Crippen LogP contribution in [0.15, 0.2) is 6.07 Å². The maximum atomic E-state index is 12.2. The van der Waals surface area contributed by atoms with Crippen LogP contribution in [-0.4, -0.2) is 48.5 Å². The van der Waals surface area contributed by atoms with Crippen LogP contribution in [0.5, 0.6) is 0 Å². The summed E-state index contributed by atoms with van der Waals surface area (Å²) in [6.45, 7) is 7.52. The summed E-state index contributed by atoms with van der Waals surface area (Å²) < 4.78 is 0. The Bertz CT molecular complexity index is 581. The number of rotatable bonds is 5. The van der Waals surface area contributed by atoms with Gasteiger partial charge in [-0.1, -0.05) is 0 Å². The molecule has 0 unspecified atom stereocenters. The van der Waals surface area contributed by atoms with Crippen LogP contribution in [0.2, 0.25) is 0 Å². The number of amides is 1. The first-order valence-electron chi connectivity index (χ1n) is 8.80. The van der Waals surface area contributed by atoms with E-state index in [-0.39, 0.29) is 11.9 Å². The predicted octanol–water partition coefficient (Wildman–Crippen LogP) is 2.07. The number of carbonyl (C=O) groups is 1. The molecule has 5 heteroatoms. The quantitative estimate of drug-likeness (QED) is 0.873. The molecule has 0 aromatic carbocycles. The van der Waals surface area contributed by atoms with Crippen molar-refractivity contribution in [3.8, 4) is 0 Å². The van der Waals surface area contributed by atoms with Crippen molar-refractivity contribution >= 4 is 11.7 Å². The highest BCUT2D eigenvalue weighted by molar-refractivity contribution is 5.98. The van der Waals surface area contributed by atoms with Crippen molar-refractivity contribution in [2.24, 2.45) is 5.92 Å². The van der Waals surface area contributed by atoms with Gasteiger partial charge in [0, 0.05) is 44.8 Å². The van der Waals surface area contributed by atoms with Gasteiger partial charge in [0.2, 0.25) is 0 Å². The van der Waals surface area contributed by atoms with Gasteiger partial charge in [0.15, 0.2) is 0 Å². The maximum absolute atomic E-state index is 12.2. The van der Waals surface area contributed by atoms with E-state index < -0.39 is 0 Å². The number of anilines is 1. The van der Waals surface area contributed by atoms with Crippen LogP contribution in [0.1, 0.15) is 48.3 Å². The number of aromatic nitrogens is 1. The second kappa shape index (κ2) is 6.87. The van der Waals surface area contributed by atoms with E-state index in [0.29, 0.717) is 11.4 Å². The molecule has 1 aliphatic carbocycles. The summed E-state index contributed by atoms with van der Waals surface area (Å²) in [6, 6.07) is 2.30. The molecule has 1 aromatic heterocycles. The zero-order valence-electron chi connectivity index (χ0n) is 14.5. The average molecular weight is 316 g/mol. The number of nitrogens with zero attached hydrogens (tertiary/aromatic N) is 2. The number of nitrogens with one attached hydrogen (secondary N) is 2. The molecule has 5 nitrogen and oxygen atoms in total. The molecular weight excluding hydrogens is 288 g/mol. The van der Waals surface area contributed by atoms with Crippen molar-refractivity contribution in [3.63, 3.8) is 0 Å². The predicted molar refractivity (Wildman–Crippen MR) is 93.0 cm³/mol. The standard InChI is InChI=1S/C18H28N4O/c1-12(2)20-17-15(18(23)19-3)10-14-6-8-22(11-13-4-5-13)9-7-16(14)21-17/h10,12-13H,4-9,11H2,1-3H3,(H,19,23)(H,20,21). The van der Waals surface area contributed by atoms with Crippen LogP contribution in [-0.2, 0) is 12.8 Å². The minimum absolute atomic E-state index is 0.0671. The van der Waals surface area contributed by atoms with E-state index >= 15 is 0 Å². The second-order valence-corrected chi connectivity index (χ2v) is 7.11. The second-order valence-electron chi connectivity index (χ2n) is 7.11. The van der Waals surface area contributed by atoms with E-state index in [1.807, 2.05) is 6.07 Å². The summed E-state index contributed by atoms with van der Waals surface area (Å²) in [5.41, 5.74) is 3.05. The SMILES string of the molecule is CNC(=O)c1cc2c(nc1NC(C)C)CCN(CC1CC1)CC2. The minimum atomic E-state index is -0.0671. The molecule has 0 radical (unpaired) electrons. The van der Waals surface area contributed by atoms with Gasteiger partial charge in [0.05, 0.1) is 5.56 Å². The highest BCUT2D eigenvalue weighted by atomic mass is 16.1. The molecule has 0 atom stereocenters. The molecule has 0 bridgehead atoms. The Labute approximate surface area is 138 Å². The molecule has 23 heavy (non-hydrogen) atoms. The lowest BCUT2D eigenvalue weighted by Crippen LogP contribution is -2.28. The summed E-state index contributed by atoms with van der Waals surface area (Å²) in [7, 11) is 1.67. The van der Waals surface area contributed by atoms with E-state index in [0.717, 1.165) is 37.5 Å². The van der Waals surface area contributed by atoms with Crippen LogP contribution in [0.25, 0.3) is 0 Å². The van der Waals surface area contributed by atoms with Crippen molar-refractivity contribution in [2.75, 3.05) is 32.0 Å². The van der Waals surface area contributed by atoms with Gasteiger partial charge in [-0.25, -0.2) is 4.98 Å². The molecular formula is C18H28N4O. The molecule has 2 N–H and O–H groups in total. The van der Waals surface area contributed by atoms with Gasteiger partial charge < -0.3 is 15.5 Å². The molecule has 2 aliphatic rings. The Morgan fingerprint density at radius 3 is 2.74 bits per heavy atom. The molecule has 3 rings (SSSR count). The van der Waals surface area contributed by atoms with E-state index in [1.165, 1.54) is 24.9 Å². The summed E-state index contributed by atoms with van der Waals surface area (Å²) in [5, 5.41) is 6.06. The fraction of sp³-hybridized carbons (Fsp3) is 0.667. The summed E-state index contributed by atoms with van der Waals surface area (Å²) in [4.78, 5) is 19.6. The normalized spacial score (nSPS) is 18.4. The molecule has 1 saturated carbocycles. The Kier molecular flexibility index (Phi) is 4.85. The lowest BCUT2D eigenvalue weighted by molar-refractivity contribution is 0.0963. The van der Waals surface area contributed by atoms with Gasteiger partial charge >= 0.3 is 0 Å². The number of fused-ring (bicyclic) bond motifs is 1. The number of hydrogen-bond acceptors (Lipinski definition) is 4. The maximum Gasteiger partial charge on any atom is 0.254 e. The molecule has 2 heterocycles. The van der Waals surface area contributed by atoms with Crippen molar-refractivity contribution in [3.05, 3.63) is 22.9 Å². The van der Waals surface area contributed by atoms with Crippen molar-refractivity contribution in [1.29, 1.82) is 0 Å². The van der Waals surface area contributed by atoms with Gasteiger partial charge in [-0.15, -0.1) is 0 Å². The molecule has 1 aromatic rings. The first-order chi connectivity index (χ1) is 11.1. The Balaban J connectivity index is 1.83. The minimum Gasteiger partial charge on any atom is -0.367 e. The largest absolute Gasteiger partial charge is 0.367 e. The van der Waals surface area contributed by atoms with Gasteiger partial charge in [0.1, 0.15) is 5.82 Å². The third kappa shape index (κ3) is 4.02. The lowest BCUT2D eigenvalue weighted by Gasteiger charge is -2.18. The highest BCUT2D eigenvalue weighted by Gasteiger charge is 2.26. The number of pyridine rings is 1. The monoisotopic (exact) mass is 316 g/mol. The Morgan fingerprint density at radius 2 is 2.09 bits per heavy atom. The fourth-order valence-corrected chi connectivity index (χ4v) is 3.22. The van der Waals surface area contributed by atoms with Crippen molar-refractivity contribution in [1.82, 2.24) is 15.2 Å². The Morgan fingerprint density at radius 1 is 1.35 bits per heavy atom. The highest BCUT2D eigenvalue weighted by Crippen LogP contribution is 2.30. The topological polar surface area (TPSA) is 57.3 Å². The zero-order chi connectivity index (χ0) is 16.4. The summed E-state index contributed by atoms with van der Waals surface area (Å²) in [5.74, 6) is 1.57. The van der Waals surface area contributed by atoms with Crippen LogP contribution in [0, 0.1) is 5.92 Å². The molecule has 1 amide bonds. The lowest BCUT2D eigenvalue weighted by atomic mass is 10.0. The first kappa shape index (κ1) is 16.2. The van der Waals surface area contributed by atoms with Crippen molar-refractivity contribution in [2.45, 2.75) is 45.6 Å². The smallest absolute Gasteiger partial charge is 0.254 e. The van der Waals surface area contributed by atoms with E-state index in [4.69, 9.17) is 4.98 Å². The molecule has 126 valence electrons. The van der Waals surface area contributed by atoms with Gasteiger partial charge in [-0.2, -0.15) is 0 Å². The van der Waals surface area contributed by atoms with Crippen LogP contribution in [0.3, 0.4) is 0 Å². The third-order valence-corrected chi connectivity index (χ3v) is 4.66. The summed E-state index contributed by atoms with van der Waals surface area (Å²) >= 11 is 0. The fourth-order valence-electron chi connectivity index (χ4n) is 3.22. The van der Waals surface area contributed by atoms with Gasteiger partial charge in [-0.05, 0) is 50.7 Å². The van der Waals surface area contributed by atoms with Crippen LogP contribution >= 0.6 is 0 Å². The van der Waals surface area contributed by atoms with Crippen molar-refractivity contribution < 1.29 is 4.79 Å².